The third-order valence-electron chi connectivity index (χ3n) is 3.69. The van der Waals surface area contributed by atoms with Gasteiger partial charge in [-0.2, -0.15) is 0 Å². The molecule has 0 saturated carbocycles. The molecule has 120 valence electrons. The predicted molar refractivity (Wildman–Crippen MR) is 92.8 cm³/mol. The van der Waals surface area contributed by atoms with Crippen molar-refractivity contribution in [2.45, 2.75) is 33.2 Å². The van der Waals surface area contributed by atoms with Gasteiger partial charge < -0.3 is 10.6 Å². The highest BCUT2D eigenvalue weighted by Crippen LogP contribution is 2.17. The van der Waals surface area contributed by atoms with Crippen LogP contribution in [0.25, 0.3) is 0 Å². The van der Waals surface area contributed by atoms with E-state index in [0.29, 0.717) is 16.8 Å². The number of carbonyl (C=O) groups is 2. The monoisotopic (exact) mass is 310 g/mol. The Morgan fingerprint density at radius 1 is 1.04 bits per heavy atom. The van der Waals surface area contributed by atoms with Gasteiger partial charge in [0.1, 0.15) is 0 Å². The first kappa shape index (κ1) is 16.7. The number of anilines is 1. The summed E-state index contributed by atoms with van der Waals surface area (Å²) in [6, 6.07) is 14.5. The van der Waals surface area contributed by atoms with E-state index in [9.17, 15) is 9.59 Å². The van der Waals surface area contributed by atoms with Gasteiger partial charge in [0, 0.05) is 11.6 Å². The van der Waals surface area contributed by atoms with Gasteiger partial charge in [0.25, 0.3) is 11.8 Å². The van der Waals surface area contributed by atoms with E-state index in [4.69, 9.17) is 0 Å². The Balaban J connectivity index is 2.20. The van der Waals surface area contributed by atoms with Gasteiger partial charge in [-0.25, -0.2) is 0 Å². The Morgan fingerprint density at radius 2 is 1.78 bits per heavy atom. The van der Waals surface area contributed by atoms with Gasteiger partial charge in [-0.3, -0.25) is 9.59 Å². The highest BCUT2D eigenvalue weighted by atomic mass is 16.2. The summed E-state index contributed by atoms with van der Waals surface area (Å²) in [7, 11) is 0. The van der Waals surface area contributed by atoms with Crippen molar-refractivity contribution in [2.75, 3.05) is 5.32 Å². The molecule has 2 rings (SSSR count). The van der Waals surface area contributed by atoms with Crippen molar-refractivity contribution < 1.29 is 9.59 Å². The molecule has 0 fully saturated rings. The molecule has 0 heterocycles. The van der Waals surface area contributed by atoms with Gasteiger partial charge in [-0.05, 0) is 44.5 Å². The summed E-state index contributed by atoms with van der Waals surface area (Å²) in [5, 5.41) is 5.74. The molecule has 0 aliphatic heterocycles. The predicted octanol–water partition coefficient (Wildman–Crippen LogP) is 3.78. The van der Waals surface area contributed by atoms with Crippen molar-refractivity contribution in [2.24, 2.45) is 0 Å². The van der Waals surface area contributed by atoms with E-state index in [1.165, 1.54) is 0 Å². The number of hydrogen-bond acceptors (Lipinski definition) is 2. The quantitative estimate of drug-likeness (QED) is 0.883. The van der Waals surface area contributed by atoms with E-state index in [1.807, 2.05) is 39.0 Å². The molecule has 2 aromatic rings. The maximum Gasteiger partial charge on any atom is 0.255 e. The van der Waals surface area contributed by atoms with Gasteiger partial charge in [0.2, 0.25) is 0 Å². The van der Waals surface area contributed by atoms with E-state index < -0.39 is 0 Å². The van der Waals surface area contributed by atoms with Crippen molar-refractivity contribution in [1.82, 2.24) is 5.32 Å². The fraction of sp³-hybridized carbons (Fsp3) is 0.263. The number of para-hydroxylation sites is 1. The minimum atomic E-state index is -0.225. The van der Waals surface area contributed by atoms with Crippen molar-refractivity contribution >= 4 is 17.5 Å². The largest absolute Gasteiger partial charge is 0.350 e. The molecule has 4 heteroatoms. The first-order valence-corrected chi connectivity index (χ1v) is 7.79. The third kappa shape index (κ3) is 4.42. The van der Waals surface area contributed by atoms with Gasteiger partial charge in [-0.15, -0.1) is 0 Å². The minimum absolute atomic E-state index is 0.0861. The first-order valence-electron chi connectivity index (χ1n) is 7.79. The van der Waals surface area contributed by atoms with Crippen LogP contribution in [0.15, 0.2) is 48.5 Å². The summed E-state index contributed by atoms with van der Waals surface area (Å²) in [4.78, 5) is 24.7. The second kappa shape index (κ2) is 7.58. The molecule has 0 aromatic heterocycles. The topological polar surface area (TPSA) is 58.2 Å². The van der Waals surface area contributed by atoms with Crippen LogP contribution in [-0.2, 0) is 0 Å². The SMILES string of the molecule is CC[C@H](C)NC(=O)c1ccccc1NC(=O)c1cccc(C)c1. The fourth-order valence-electron chi connectivity index (χ4n) is 2.17. The highest BCUT2D eigenvalue weighted by molar-refractivity contribution is 6.09. The molecule has 0 radical (unpaired) electrons. The van der Waals surface area contributed by atoms with Crippen molar-refractivity contribution in [3.8, 4) is 0 Å². The molecule has 2 amide bonds. The van der Waals surface area contributed by atoms with E-state index in [1.54, 1.807) is 30.3 Å². The number of aryl methyl sites for hydroxylation is 1. The molecule has 0 aliphatic rings. The molecule has 2 aromatic carbocycles. The summed E-state index contributed by atoms with van der Waals surface area (Å²) in [6.07, 6.45) is 0.851. The fourth-order valence-corrected chi connectivity index (χ4v) is 2.17. The van der Waals surface area contributed by atoms with E-state index in [0.717, 1.165) is 12.0 Å². The van der Waals surface area contributed by atoms with E-state index in [-0.39, 0.29) is 17.9 Å². The summed E-state index contributed by atoms with van der Waals surface area (Å²) in [5.74, 6) is -0.406. The van der Waals surface area contributed by atoms with Crippen molar-refractivity contribution in [1.29, 1.82) is 0 Å². The van der Waals surface area contributed by atoms with Gasteiger partial charge in [0.15, 0.2) is 0 Å². The molecule has 23 heavy (non-hydrogen) atoms. The third-order valence-corrected chi connectivity index (χ3v) is 3.69. The Kier molecular flexibility index (Phi) is 5.52. The number of rotatable bonds is 5. The number of carbonyl (C=O) groups excluding carboxylic acids is 2. The van der Waals surface area contributed by atoms with Crippen LogP contribution in [0.3, 0.4) is 0 Å². The molecule has 0 aliphatic carbocycles. The van der Waals surface area contributed by atoms with E-state index >= 15 is 0 Å². The van der Waals surface area contributed by atoms with E-state index in [2.05, 4.69) is 10.6 Å². The van der Waals surface area contributed by atoms with Crippen LogP contribution < -0.4 is 10.6 Å². The molecule has 2 N–H and O–H groups in total. The molecule has 1 atom stereocenters. The second-order valence-electron chi connectivity index (χ2n) is 5.65. The zero-order chi connectivity index (χ0) is 16.8. The zero-order valence-corrected chi connectivity index (χ0v) is 13.7. The van der Waals surface area contributed by atoms with Crippen LogP contribution >= 0.6 is 0 Å². The lowest BCUT2D eigenvalue weighted by Crippen LogP contribution is -2.32. The van der Waals surface area contributed by atoms with Crippen molar-refractivity contribution in [3.63, 3.8) is 0 Å². The summed E-state index contributed by atoms with van der Waals surface area (Å²) in [5.41, 5.74) is 2.57. The molecular weight excluding hydrogens is 288 g/mol. The lowest BCUT2D eigenvalue weighted by Gasteiger charge is -2.14. The maximum absolute atomic E-state index is 12.4. The summed E-state index contributed by atoms with van der Waals surface area (Å²) in [6.45, 7) is 5.90. The van der Waals surface area contributed by atoms with Gasteiger partial charge in [-0.1, -0.05) is 36.8 Å². The molecule has 0 spiro atoms. The Hall–Kier alpha value is -2.62. The Morgan fingerprint density at radius 3 is 2.48 bits per heavy atom. The van der Waals surface area contributed by atoms with Crippen LogP contribution in [-0.4, -0.2) is 17.9 Å². The minimum Gasteiger partial charge on any atom is -0.350 e. The summed E-state index contributed by atoms with van der Waals surface area (Å²) < 4.78 is 0. The number of benzene rings is 2. The van der Waals surface area contributed by atoms with Crippen LogP contribution in [0.5, 0.6) is 0 Å². The van der Waals surface area contributed by atoms with Crippen LogP contribution in [0, 0.1) is 6.92 Å². The Labute approximate surface area is 136 Å². The standard InChI is InChI=1S/C19H22N2O2/c1-4-14(3)20-19(23)16-10-5-6-11-17(16)21-18(22)15-9-7-8-13(2)12-15/h5-12,14H,4H2,1-3H3,(H,20,23)(H,21,22)/t14-/m0/s1. The average molecular weight is 310 g/mol. The van der Waals surface area contributed by atoms with Gasteiger partial charge in [0.05, 0.1) is 11.3 Å². The number of nitrogens with one attached hydrogen (secondary N) is 2. The molecule has 0 bridgehead atoms. The zero-order valence-electron chi connectivity index (χ0n) is 13.7. The first-order chi connectivity index (χ1) is 11.0. The highest BCUT2D eigenvalue weighted by Gasteiger charge is 2.15. The summed E-state index contributed by atoms with van der Waals surface area (Å²) >= 11 is 0. The van der Waals surface area contributed by atoms with Gasteiger partial charge >= 0.3 is 0 Å². The van der Waals surface area contributed by atoms with Crippen LogP contribution in [0.1, 0.15) is 46.5 Å². The normalized spacial score (nSPS) is 11.6. The molecule has 0 unspecified atom stereocenters. The lowest BCUT2D eigenvalue weighted by molar-refractivity contribution is 0.0940. The molecular formula is C19H22N2O2. The lowest BCUT2D eigenvalue weighted by atomic mass is 10.1. The van der Waals surface area contributed by atoms with Crippen LogP contribution in [0.2, 0.25) is 0 Å². The Bertz CT molecular complexity index is 710. The maximum atomic E-state index is 12.4. The average Bonchev–Trinajstić information content (AvgIpc) is 2.55. The smallest absolute Gasteiger partial charge is 0.255 e. The second-order valence-corrected chi connectivity index (χ2v) is 5.65. The molecule has 4 nitrogen and oxygen atoms in total. The number of amides is 2. The van der Waals surface area contributed by atoms with Crippen LogP contribution in [0.4, 0.5) is 5.69 Å². The molecule has 0 saturated heterocycles. The van der Waals surface area contributed by atoms with Crippen molar-refractivity contribution in [3.05, 3.63) is 65.2 Å². The number of hydrogen-bond donors (Lipinski definition) is 2.